The van der Waals surface area contributed by atoms with Gasteiger partial charge < -0.3 is 0 Å². The molecule has 0 spiro atoms. The number of nitro groups is 1. The van der Waals surface area contributed by atoms with Crippen LogP contribution in [-0.4, -0.2) is 17.9 Å². The zero-order chi connectivity index (χ0) is 13.8. The highest BCUT2D eigenvalue weighted by Crippen LogP contribution is 2.24. The highest BCUT2D eigenvalue weighted by molar-refractivity contribution is 8.09. The van der Waals surface area contributed by atoms with Crippen LogP contribution in [0.3, 0.4) is 0 Å². The molecule has 0 atom stereocenters. The van der Waals surface area contributed by atoms with Gasteiger partial charge in [-0.2, -0.15) is 8.42 Å². The molecular formula is C10H8ClNO5S. The summed E-state index contributed by atoms with van der Waals surface area (Å²) in [6.07, 6.45) is 0. The van der Waals surface area contributed by atoms with Crippen LogP contribution >= 0.6 is 10.7 Å². The van der Waals surface area contributed by atoms with E-state index in [2.05, 4.69) is 10.7 Å². The molecule has 6 nitrogen and oxygen atoms in total. The van der Waals surface area contributed by atoms with Crippen molar-refractivity contribution < 1.29 is 17.9 Å². The Hall–Kier alpha value is -1.70. The van der Waals surface area contributed by atoms with E-state index < -0.39 is 9.33 Å². The normalized spacial score (nSPS) is 10.6. The predicted molar refractivity (Wildman–Crippen MR) is 68.0 cm³/mol. The second-order valence-electron chi connectivity index (χ2n) is 3.17. The summed E-state index contributed by atoms with van der Waals surface area (Å²) in [5, 5.41) is 12.2. The molecule has 0 aliphatic rings. The van der Waals surface area contributed by atoms with E-state index in [9.17, 15) is 10.1 Å². The summed E-state index contributed by atoms with van der Waals surface area (Å²) in [6, 6.07) is 12.4. The fourth-order valence-electron chi connectivity index (χ4n) is 1.37. The molecule has 0 heterocycles. The van der Waals surface area contributed by atoms with E-state index in [1.54, 1.807) is 18.2 Å². The average molecular weight is 290 g/mol. The van der Waals surface area contributed by atoms with Crippen molar-refractivity contribution in [2.24, 2.45) is 0 Å². The van der Waals surface area contributed by atoms with Crippen molar-refractivity contribution in [2.75, 3.05) is 0 Å². The molecule has 96 valence electrons. The van der Waals surface area contributed by atoms with E-state index in [1.807, 2.05) is 18.2 Å². The van der Waals surface area contributed by atoms with E-state index in [1.165, 1.54) is 6.07 Å². The summed E-state index contributed by atoms with van der Waals surface area (Å²) in [6.45, 7) is 0. The molecule has 0 bridgehead atoms. The SMILES string of the molecule is O=S(=O)(O)Cl.O=[N+]([O-])c1cccc2ccccc12. The number of halogens is 1. The molecular weight excluding hydrogens is 282 g/mol. The first-order chi connectivity index (χ1) is 8.29. The number of non-ortho nitro benzene ring substituents is 1. The minimum Gasteiger partial charge on any atom is -0.273 e. The Balaban J connectivity index is 0.000000280. The van der Waals surface area contributed by atoms with Crippen LogP contribution in [0.4, 0.5) is 5.69 Å². The molecule has 2 aromatic carbocycles. The third-order valence-corrected chi connectivity index (χ3v) is 1.96. The van der Waals surface area contributed by atoms with Crippen molar-refractivity contribution in [3.8, 4) is 0 Å². The standard InChI is InChI=1S/C10H7NO2.ClHO3S/c12-11(13)10-7-3-5-8-4-1-2-6-9(8)10;1-5(2,3)4/h1-7H;(H,2,3,4). The molecule has 0 aromatic heterocycles. The number of fused-ring (bicyclic) bond motifs is 1. The first-order valence-electron chi connectivity index (χ1n) is 4.58. The van der Waals surface area contributed by atoms with Gasteiger partial charge in [-0.3, -0.25) is 14.7 Å². The zero-order valence-corrected chi connectivity index (χ0v) is 10.4. The smallest absolute Gasteiger partial charge is 0.273 e. The van der Waals surface area contributed by atoms with Gasteiger partial charge in [0.2, 0.25) is 0 Å². The fourth-order valence-corrected chi connectivity index (χ4v) is 1.37. The maximum Gasteiger partial charge on any atom is 0.353 e. The third-order valence-electron chi connectivity index (χ3n) is 1.96. The van der Waals surface area contributed by atoms with Gasteiger partial charge in [-0.1, -0.05) is 30.3 Å². The lowest BCUT2D eigenvalue weighted by molar-refractivity contribution is -0.383. The van der Waals surface area contributed by atoms with Crippen LogP contribution in [0.5, 0.6) is 0 Å². The lowest BCUT2D eigenvalue weighted by Crippen LogP contribution is -1.88. The van der Waals surface area contributed by atoms with Crippen molar-refractivity contribution in [1.82, 2.24) is 0 Å². The number of rotatable bonds is 1. The number of benzene rings is 2. The first kappa shape index (κ1) is 14.4. The highest BCUT2D eigenvalue weighted by Gasteiger charge is 2.08. The summed E-state index contributed by atoms with van der Waals surface area (Å²) >= 11 is 0. The van der Waals surface area contributed by atoms with Crippen molar-refractivity contribution >= 4 is 36.5 Å². The van der Waals surface area contributed by atoms with Gasteiger partial charge in [-0.25, -0.2) is 0 Å². The van der Waals surface area contributed by atoms with Crippen molar-refractivity contribution in [3.05, 3.63) is 52.6 Å². The van der Waals surface area contributed by atoms with E-state index in [0.717, 1.165) is 5.39 Å². The van der Waals surface area contributed by atoms with Gasteiger partial charge in [0.1, 0.15) is 0 Å². The van der Waals surface area contributed by atoms with Crippen LogP contribution in [-0.2, 0) is 9.33 Å². The monoisotopic (exact) mass is 289 g/mol. The molecule has 0 aliphatic carbocycles. The van der Waals surface area contributed by atoms with Crippen LogP contribution in [0, 0.1) is 10.1 Å². The number of hydrogen-bond donors (Lipinski definition) is 1. The lowest BCUT2D eigenvalue weighted by Gasteiger charge is -1.97. The van der Waals surface area contributed by atoms with Gasteiger partial charge in [0.05, 0.1) is 10.3 Å². The van der Waals surface area contributed by atoms with Crippen molar-refractivity contribution in [3.63, 3.8) is 0 Å². The molecule has 0 saturated heterocycles. The Kier molecular flexibility index (Phi) is 4.60. The quantitative estimate of drug-likeness (QED) is 0.377. The van der Waals surface area contributed by atoms with Gasteiger partial charge >= 0.3 is 9.33 Å². The molecule has 0 saturated carbocycles. The molecule has 2 aromatic rings. The number of nitrogens with zero attached hydrogens (tertiary/aromatic N) is 1. The van der Waals surface area contributed by atoms with Gasteiger partial charge in [0, 0.05) is 16.7 Å². The highest BCUT2D eigenvalue weighted by atomic mass is 35.7. The second kappa shape index (κ2) is 5.76. The van der Waals surface area contributed by atoms with Gasteiger partial charge in [-0.05, 0) is 11.5 Å². The van der Waals surface area contributed by atoms with E-state index in [0.29, 0.717) is 5.39 Å². The molecule has 2 rings (SSSR count). The summed E-state index contributed by atoms with van der Waals surface area (Å²) in [5.41, 5.74) is 0.165. The fraction of sp³-hybridized carbons (Fsp3) is 0. The van der Waals surface area contributed by atoms with Crippen molar-refractivity contribution in [1.29, 1.82) is 0 Å². The average Bonchev–Trinajstić information content (AvgIpc) is 2.26. The summed E-state index contributed by atoms with van der Waals surface area (Å²) in [4.78, 5) is 10.3. The third kappa shape index (κ3) is 4.66. The molecule has 18 heavy (non-hydrogen) atoms. The van der Waals surface area contributed by atoms with E-state index in [4.69, 9.17) is 13.0 Å². The maximum atomic E-state index is 10.6. The van der Waals surface area contributed by atoms with Crippen LogP contribution in [0.1, 0.15) is 0 Å². The zero-order valence-electron chi connectivity index (χ0n) is 8.86. The topological polar surface area (TPSA) is 97.5 Å². The Labute approximate surface area is 107 Å². The van der Waals surface area contributed by atoms with Gasteiger partial charge in [0.15, 0.2) is 0 Å². The molecule has 0 amide bonds. The minimum atomic E-state index is -4.19. The van der Waals surface area contributed by atoms with Gasteiger partial charge in [0.25, 0.3) is 5.69 Å². The molecule has 1 N–H and O–H groups in total. The minimum absolute atomic E-state index is 0.165. The second-order valence-corrected chi connectivity index (χ2v) is 5.16. The Morgan fingerprint density at radius 1 is 1.11 bits per heavy atom. The van der Waals surface area contributed by atoms with Crippen LogP contribution < -0.4 is 0 Å². The van der Waals surface area contributed by atoms with E-state index >= 15 is 0 Å². The van der Waals surface area contributed by atoms with Crippen molar-refractivity contribution in [2.45, 2.75) is 0 Å². The Morgan fingerprint density at radius 2 is 1.61 bits per heavy atom. The maximum absolute atomic E-state index is 10.6. The largest absolute Gasteiger partial charge is 0.353 e. The Morgan fingerprint density at radius 3 is 2.17 bits per heavy atom. The summed E-state index contributed by atoms with van der Waals surface area (Å²) in [7, 11) is -0.137. The molecule has 8 heteroatoms. The van der Waals surface area contributed by atoms with E-state index in [-0.39, 0.29) is 10.6 Å². The predicted octanol–water partition coefficient (Wildman–Crippen LogP) is 2.78. The molecule has 0 unspecified atom stereocenters. The first-order valence-corrected chi connectivity index (χ1v) is 6.85. The van der Waals surface area contributed by atoms with Crippen LogP contribution in [0.2, 0.25) is 0 Å². The van der Waals surface area contributed by atoms with Gasteiger partial charge in [-0.15, -0.1) is 0 Å². The summed E-state index contributed by atoms with van der Waals surface area (Å²) in [5.74, 6) is 0. The Bertz CT molecular complexity index is 658. The number of nitro benzene ring substituents is 1. The molecule has 0 radical (unpaired) electrons. The summed E-state index contributed by atoms with van der Waals surface area (Å²) < 4.78 is 25.2. The number of hydrogen-bond acceptors (Lipinski definition) is 4. The molecule has 0 fully saturated rings. The lowest BCUT2D eigenvalue weighted by atomic mass is 10.1. The molecule has 0 aliphatic heterocycles. The van der Waals surface area contributed by atoms with Crippen LogP contribution in [0.25, 0.3) is 10.8 Å². The van der Waals surface area contributed by atoms with Crippen LogP contribution in [0.15, 0.2) is 42.5 Å².